The first-order valence-electron chi connectivity index (χ1n) is 10.9. The Morgan fingerprint density at radius 3 is 2.23 bits per heavy atom. The number of anilines is 1. The number of carbonyl (C=O) groups is 2. The van der Waals surface area contributed by atoms with Crippen LogP contribution in [-0.4, -0.2) is 22.3 Å². The second kappa shape index (κ2) is 10.2. The quantitative estimate of drug-likeness (QED) is 0.322. The van der Waals surface area contributed by atoms with E-state index in [9.17, 15) is 14.0 Å². The lowest BCUT2D eigenvalue weighted by Gasteiger charge is -2.15. The molecule has 0 aliphatic heterocycles. The van der Waals surface area contributed by atoms with Crippen molar-refractivity contribution in [1.29, 1.82) is 0 Å². The Hall–Kier alpha value is -4.46. The molecule has 0 fully saturated rings. The maximum Gasteiger partial charge on any atom is 0.412 e. The van der Waals surface area contributed by atoms with Crippen LogP contribution < -0.4 is 5.32 Å². The molecule has 4 rings (SSSR count). The molecule has 0 spiro atoms. The molecule has 7 nitrogen and oxygen atoms in total. The molecule has 8 heteroatoms. The molecule has 0 aliphatic rings. The van der Waals surface area contributed by atoms with Gasteiger partial charge >= 0.3 is 12.1 Å². The van der Waals surface area contributed by atoms with Crippen LogP contribution in [0.5, 0.6) is 0 Å². The van der Waals surface area contributed by atoms with Crippen molar-refractivity contribution in [2.45, 2.75) is 26.4 Å². The van der Waals surface area contributed by atoms with E-state index in [1.165, 1.54) is 6.07 Å². The van der Waals surface area contributed by atoms with Crippen molar-refractivity contribution in [2.75, 3.05) is 5.32 Å². The first kappa shape index (κ1) is 23.7. The molecular weight excluding hydrogens is 451 g/mol. The van der Waals surface area contributed by atoms with Crippen LogP contribution in [-0.2, 0) is 16.0 Å². The van der Waals surface area contributed by atoms with E-state index in [2.05, 4.69) is 10.5 Å². The fourth-order valence-corrected chi connectivity index (χ4v) is 3.68. The highest BCUT2D eigenvalue weighted by atomic mass is 19.1. The van der Waals surface area contributed by atoms with Gasteiger partial charge in [0.1, 0.15) is 23.3 Å². The zero-order chi connectivity index (χ0) is 24.9. The second-order valence-electron chi connectivity index (χ2n) is 8.01. The van der Waals surface area contributed by atoms with Crippen molar-refractivity contribution >= 4 is 17.7 Å². The van der Waals surface area contributed by atoms with Crippen LogP contribution in [0.3, 0.4) is 0 Å². The Balaban J connectivity index is 1.48. The van der Waals surface area contributed by atoms with E-state index in [1.807, 2.05) is 36.4 Å². The van der Waals surface area contributed by atoms with Crippen molar-refractivity contribution in [3.63, 3.8) is 0 Å². The van der Waals surface area contributed by atoms with E-state index < -0.39 is 24.0 Å². The minimum absolute atomic E-state index is 0.0264. The van der Waals surface area contributed by atoms with Crippen molar-refractivity contribution < 1.29 is 28.3 Å². The number of nitrogens with zero attached hydrogens (tertiary/aromatic N) is 1. The highest BCUT2D eigenvalue weighted by Crippen LogP contribution is 2.33. The third kappa shape index (κ3) is 5.55. The molecule has 0 saturated heterocycles. The highest BCUT2D eigenvalue weighted by Gasteiger charge is 2.21. The molecule has 1 unspecified atom stereocenters. The lowest BCUT2D eigenvalue weighted by atomic mass is 10.0. The Labute approximate surface area is 201 Å². The number of aromatic nitrogens is 1. The van der Waals surface area contributed by atoms with E-state index >= 15 is 0 Å². The molecule has 0 bridgehead atoms. The predicted octanol–water partition coefficient (Wildman–Crippen LogP) is 6.39. The molecule has 4 aromatic rings. The normalized spacial score (nSPS) is 11.6. The summed E-state index contributed by atoms with van der Waals surface area (Å²) in [6.45, 7) is 3.28. The van der Waals surface area contributed by atoms with Crippen molar-refractivity contribution in [2.24, 2.45) is 0 Å². The third-order valence-corrected chi connectivity index (χ3v) is 5.51. The molecular formula is C27H23FN2O5. The Kier molecular flexibility index (Phi) is 6.91. The van der Waals surface area contributed by atoms with E-state index in [0.29, 0.717) is 22.7 Å². The molecule has 2 N–H and O–H groups in total. The Morgan fingerprint density at radius 2 is 1.60 bits per heavy atom. The van der Waals surface area contributed by atoms with Gasteiger partial charge in [0.25, 0.3) is 0 Å². The largest absolute Gasteiger partial charge is 0.481 e. The summed E-state index contributed by atoms with van der Waals surface area (Å²) >= 11 is 0. The molecule has 178 valence electrons. The highest BCUT2D eigenvalue weighted by molar-refractivity contribution is 5.91. The molecule has 1 atom stereocenters. The number of carbonyl (C=O) groups excluding carboxylic acids is 1. The van der Waals surface area contributed by atoms with E-state index in [4.69, 9.17) is 14.4 Å². The summed E-state index contributed by atoms with van der Waals surface area (Å²) < 4.78 is 24.8. The van der Waals surface area contributed by atoms with Crippen molar-refractivity contribution in [1.82, 2.24) is 5.16 Å². The first-order valence-corrected chi connectivity index (χ1v) is 10.9. The maximum atomic E-state index is 14.0. The van der Waals surface area contributed by atoms with Crippen LogP contribution in [0.4, 0.5) is 14.9 Å². The van der Waals surface area contributed by atoms with Crippen LogP contribution in [0.2, 0.25) is 0 Å². The summed E-state index contributed by atoms with van der Waals surface area (Å²) in [5.74, 6) is -0.966. The van der Waals surface area contributed by atoms with Gasteiger partial charge in [-0.1, -0.05) is 71.9 Å². The summed E-state index contributed by atoms with van der Waals surface area (Å²) in [5, 5.41) is 15.5. The van der Waals surface area contributed by atoms with Gasteiger partial charge in [0.05, 0.1) is 6.42 Å². The number of halogens is 1. The predicted molar refractivity (Wildman–Crippen MR) is 128 cm³/mol. The number of carboxylic acid groups (broad SMARTS) is 1. The number of aliphatic carboxylic acids is 1. The van der Waals surface area contributed by atoms with E-state index in [-0.39, 0.29) is 12.0 Å². The second-order valence-corrected chi connectivity index (χ2v) is 8.01. The summed E-state index contributed by atoms with van der Waals surface area (Å²) in [6.07, 6.45) is -1.58. The molecule has 0 radical (unpaired) electrons. The van der Waals surface area contributed by atoms with Gasteiger partial charge in [0.15, 0.2) is 5.76 Å². The molecule has 35 heavy (non-hydrogen) atoms. The number of nitrogens with one attached hydrogen (secondary N) is 1. The Morgan fingerprint density at radius 1 is 1.00 bits per heavy atom. The monoisotopic (exact) mass is 474 g/mol. The standard InChI is InChI=1S/C27H23FN2O5/c1-16-25(29-27(33)34-17(2)22-5-3-4-6-23(22)28)26(35-30-16)21-13-11-20(12-14-21)19-9-7-18(8-10-19)15-24(31)32/h3-14,17H,15H2,1-2H3,(H,29,33)(H,31,32). The lowest BCUT2D eigenvalue weighted by Crippen LogP contribution is -2.17. The summed E-state index contributed by atoms with van der Waals surface area (Å²) in [5.41, 5.74) is 4.38. The molecule has 3 aromatic carbocycles. The lowest BCUT2D eigenvalue weighted by molar-refractivity contribution is -0.136. The zero-order valence-corrected chi connectivity index (χ0v) is 19.1. The fourth-order valence-electron chi connectivity index (χ4n) is 3.68. The average Bonchev–Trinajstić information content (AvgIpc) is 3.19. The number of amides is 1. The summed E-state index contributed by atoms with van der Waals surface area (Å²) in [4.78, 5) is 23.4. The van der Waals surface area contributed by atoms with Crippen LogP contribution in [0.15, 0.2) is 77.3 Å². The van der Waals surface area contributed by atoms with Crippen LogP contribution in [0.25, 0.3) is 22.5 Å². The summed E-state index contributed by atoms with van der Waals surface area (Å²) in [7, 11) is 0. The molecule has 1 aromatic heterocycles. The minimum atomic E-state index is -0.876. The molecule has 0 aliphatic carbocycles. The van der Waals surface area contributed by atoms with Crippen LogP contribution in [0, 0.1) is 12.7 Å². The fraction of sp³-hybridized carbons (Fsp3) is 0.148. The van der Waals surface area contributed by atoms with Gasteiger partial charge < -0.3 is 14.4 Å². The van der Waals surface area contributed by atoms with E-state index in [1.54, 1.807) is 44.2 Å². The number of carboxylic acids is 1. The smallest absolute Gasteiger partial charge is 0.412 e. The van der Waals surface area contributed by atoms with Gasteiger partial charge in [-0.3, -0.25) is 10.1 Å². The van der Waals surface area contributed by atoms with Crippen LogP contribution >= 0.6 is 0 Å². The number of hydrogen-bond acceptors (Lipinski definition) is 5. The zero-order valence-electron chi connectivity index (χ0n) is 19.1. The third-order valence-electron chi connectivity index (χ3n) is 5.51. The SMILES string of the molecule is Cc1noc(-c2ccc(-c3ccc(CC(=O)O)cc3)cc2)c1NC(=O)OC(C)c1ccccc1F. The van der Waals surface area contributed by atoms with Gasteiger partial charge in [0, 0.05) is 11.1 Å². The van der Waals surface area contributed by atoms with Gasteiger partial charge in [-0.2, -0.15) is 0 Å². The van der Waals surface area contributed by atoms with E-state index in [0.717, 1.165) is 16.7 Å². The van der Waals surface area contributed by atoms with Gasteiger partial charge in [-0.05, 0) is 36.6 Å². The minimum Gasteiger partial charge on any atom is -0.481 e. The number of aryl methyl sites for hydroxylation is 1. The topological polar surface area (TPSA) is 102 Å². The number of rotatable bonds is 7. The summed E-state index contributed by atoms with van der Waals surface area (Å²) in [6, 6.07) is 20.9. The maximum absolute atomic E-state index is 14.0. The van der Waals surface area contributed by atoms with Crippen molar-refractivity contribution in [3.8, 4) is 22.5 Å². The molecule has 1 heterocycles. The van der Waals surface area contributed by atoms with Gasteiger partial charge in [-0.25, -0.2) is 9.18 Å². The van der Waals surface area contributed by atoms with Crippen molar-refractivity contribution in [3.05, 3.63) is 95.4 Å². The first-order chi connectivity index (χ1) is 16.8. The average molecular weight is 474 g/mol. The van der Waals surface area contributed by atoms with Gasteiger partial charge in [-0.15, -0.1) is 0 Å². The number of hydrogen-bond donors (Lipinski definition) is 2. The Bertz CT molecular complexity index is 1350. The molecule has 1 amide bonds. The number of benzene rings is 3. The van der Waals surface area contributed by atoms with Crippen LogP contribution in [0.1, 0.15) is 29.8 Å². The number of ether oxygens (including phenoxy) is 1. The molecule has 0 saturated carbocycles. The van der Waals surface area contributed by atoms with Gasteiger partial charge in [0.2, 0.25) is 0 Å².